The van der Waals surface area contributed by atoms with Gasteiger partial charge in [-0.25, -0.2) is 0 Å². The second-order valence-electron chi connectivity index (χ2n) is 22.9. The molecule has 62 heavy (non-hydrogen) atoms. The highest BCUT2D eigenvalue weighted by Gasteiger charge is 2.50. The van der Waals surface area contributed by atoms with Gasteiger partial charge in [-0.05, 0) is 138 Å². The van der Waals surface area contributed by atoms with Crippen molar-refractivity contribution in [3.05, 3.63) is 149 Å². The molecule has 0 radical (unpaired) electrons. The van der Waals surface area contributed by atoms with Gasteiger partial charge in [-0.3, -0.25) is 0 Å². The molecule has 0 fully saturated rings. The maximum absolute atomic E-state index is 2.76. The zero-order valence-corrected chi connectivity index (χ0v) is 40.2. The van der Waals surface area contributed by atoms with E-state index in [4.69, 9.17) is 0 Å². The molecule has 0 amide bonds. The third kappa shape index (κ3) is 6.33. The van der Waals surface area contributed by atoms with Crippen molar-refractivity contribution in [3.63, 3.8) is 0 Å². The van der Waals surface area contributed by atoms with Crippen LogP contribution in [0.25, 0.3) is 21.2 Å². The van der Waals surface area contributed by atoms with Gasteiger partial charge >= 0.3 is 0 Å². The molecule has 3 aliphatic rings. The molecule has 0 atom stereocenters. The summed E-state index contributed by atoms with van der Waals surface area (Å²) in [5.41, 5.74) is 20.2. The molecule has 6 aromatic carbocycles. The van der Waals surface area contributed by atoms with E-state index in [0.29, 0.717) is 0 Å². The van der Waals surface area contributed by atoms with Gasteiger partial charge in [0.2, 0.25) is 0 Å². The van der Waals surface area contributed by atoms with E-state index in [9.17, 15) is 0 Å². The fourth-order valence-electron chi connectivity index (χ4n) is 10.8. The van der Waals surface area contributed by atoms with Gasteiger partial charge in [-0.2, -0.15) is 0 Å². The van der Waals surface area contributed by atoms with Crippen LogP contribution in [0.15, 0.2) is 121 Å². The summed E-state index contributed by atoms with van der Waals surface area (Å²) < 4.78 is 1.34. The Hall–Kier alpha value is -5.06. The van der Waals surface area contributed by atoms with Crippen LogP contribution in [-0.4, -0.2) is 6.71 Å². The highest BCUT2D eigenvalue weighted by atomic mass is 32.1. The van der Waals surface area contributed by atoms with E-state index < -0.39 is 0 Å². The third-order valence-electron chi connectivity index (χ3n) is 14.6. The lowest BCUT2D eigenvalue weighted by atomic mass is 9.33. The van der Waals surface area contributed by atoms with Crippen molar-refractivity contribution in [2.45, 2.75) is 130 Å². The SMILES string of the molecule is CC(C)(C)c1ccc(N2c3cc(C(C)(C)C)cc4c3B(c3ccc5c(c3N4c3ccc(C(C)(C)C)cc3-c3ccccc3)C(C)(C)CCC5(C)C)c3c2sc2ccccc32)cc1. The standard InChI is InChI=1S/C58H63BN2S/c1-54(2,3)37-23-26-40(27-24-37)60-46-34-39(56(7,8)9)35-47-51(46)59(50-41-21-17-18-22-48(41)62-53(50)60)44-29-28-43-49(58(12,13)32-31-57(43,10)11)52(44)61(47)45-30-25-38(55(4,5)6)33-42(45)36-19-15-14-16-20-36/h14-30,33-35H,31-32H2,1-13H3. The van der Waals surface area contributed by atoms with Crippen molar-refractivity contribution in [1.82, 2.24) is 0 Å². The van der Waals surface area contributed by atoms with Gasteiger partial charge in [0.15, 0.2) is 0 Å². The third-order valence-corrected chi connectivity index (χ3v) is 15.8. The Morgan fingerprint density at radius 1 is 0.532 bits per heavy atom. The van der Waals surface area contributed by atoms with Crippen molar-refractivity contribution in [3.8, 4) is 11.1 Å². The van der Waals surface area contributed by atoms with Gasteiger partial charge in [0.05, 0.1) is 10.7 Å². The molecule has 10 rings (SSSR count). The Balaban J connectivity index is 1.40. The van der Waals surface area contributed by atoms with Crippen LogP contribution in [-0.2, 0) is 27.1 Å². The maximum atomic E-state index is 2.76. The molecular formula is C58H63BN2S. The molecule has 7 aromatic rings. The number of hydrogen-bond acceptors (Lipinski definition) is 3. The van der Waals surface area contributed by atoms with Crippen molar-refractivity contribution < 1.29 is 0 Å². The van der Waals surface area contributed by atoms with E-state index >= 15 is 0 Å². The van der Waals surface area contributed by atoms with Gasteiger partial charge in [0.1, 0.15) is 0 Å². The molecular weight excluding hydrogens is 768 g/mol. The minimum absolute atomic E-state index is 0.0110. The molecule has 2 aliphatic heterocycles. The zero-order valence-electron chi connectivity index (χ0n) is 39.3. The lowest BCUT2D eigenvalue weighted by molar-refractivity contribution is 0.333. The van der Waals surface area contributed by atoms with Crippen LogP contribution in [0.4, 0.5) is 33.4 Å². The summed E-state index contributed by atoms with van der Waals surface area (Å²) in [5.74, 6) is 0. The number of benzene rings is 6. The van der Waals surface area contributed by atoms with Gasteiger partial charge in [-0.1, -0.05) is 169 Å². The monoisotopic (exact) mass is 830 g/mol. The van der Waals surface area contributed by atoms with Crippen LogP contribution in [0.1, 0.15) is 131 Å². The van der Waals surface area contributed by atoms with Crippen LogP contribution >= 0.6 is 11.3 Å². The molecule has 0 spiro atoms. The summed E-state index contributed by atoms with van der Waals surface area (Å²) in [6.07, 6.45) is 2.31. The number of anilines is 6. The zero-order chi connectivity index (χ0) is 43.9. The first kappa shape index (κ1) is 41.0. The number of fused-ring (bicyclic) bond motifs is 8. The summed E-state index contributed by atoms with van der Waals surface area (Å²) in [7, 11) is 0. The molecule has 0 saturated heterocycles. The average Bonchev–Trinajstić information content (AvgIpc) is 3.60. The number of rotatable bonds is 3. The van der Waals surface area contributed by atoms with Crippen LogP contribution in [0.5, 0.6) is 0 Å². The second kappa shape index (κ2) is 13.7. The molecule has 1 aliphatic carbocycles. The maximum Gasteiger partial charge on any atom is 0.254 e. The summed E-state index contributed by atoms with van der Waals surface area (Å²) in [6, 6.07) is 47.4. The molecule has 0 N–H and O–H groups in total. The number of hydrogen-bond donors (Lipinski definition) is 0. The van der Waals surface area contributed by atoms with E-state index in [-0.39, 0.29) is 33.8 Å². The molecule has 0 unspecified atom stereocenters. The lowest BCUT2D eigenvalue weighted by Gasteiger charge is -2.49. The molecule has 0 saturated carbocycles. The molecule has 0 bridgehead atoms. The van der Waals surface area contributed by atoms with Gasteiger partial charge in [0, 0.05) is 33.0 Å². The first-order valence-electron chi connectivity index (χ1n) is 22.9. The van der Waals surface area contributed by atoms with Crippen LogP contribution in [0.2, 0.25) is 0 Å². The normalized spacial score (nSPS) is 16.5. The van der Waals surface area contributed by atoms with E-state index in [1.807, 2.05) is 11.3 Å². The lowest BCUT2D eigenvalue weighted by Crippen LogP contribution is -2.62. The van der Waals surface area contributed by atoms with Crippen LogP contribution in [0, 0.1) is 0 Å². The Kier molecular flexibility index (Phi) is 9.07. The van der Waals surface area contributed by atoms with Crippen molar-refractivity contribution in [2.75, 3.05) is 9.80 Å². The Morgan fingerprint density at radius 3 is 1.79 bits per heavy atom. The first-order valence-corrected chi connectivity index (χ1v) is 23.8. The fraction of sp³-hybridized carbons (Fsp3) is 0.345. The largest absolute Gasteiger partial charge is 0.310 e. The molecule has 2 nitrogen and oxygen atoms in total. The van der Waals surface area contributed by atoms with Crippen molar-refractivity contribution >= 4 is 78.0 Å². The van der Waals surface area contributed by atoms with Crippen LogP contribution in [0.3, 0.4) is 0 Å². The van der Waals surface area contributed by atoms with E-state index in [0.717, 1.165) is 6.42 Å². The fourth-order valence-corrected chi connectivity index (χ4v) is 12.1. The molecule has 3 heterocycles. The van der Waals surface area contributed by atoms with Crippen LogP contribution < -0.4 is 26.2 Å². The van der Waals surface area contributed by atoms with Gasteiger partial charge < -0.3 is 9.80 Å². The van der Waals surface area contributed by atoms with E-state index in [2.05, 4.69) is 221 Å². The number of thiophene rings is 1. The predicted octanol–water partition coefficient (Wildman–Crippen LogP) is 14.9. The molecule has 314 valence electrons. The summed E-state index contributed by atoms with van der Waals surface area (Å²) in [4.78, 5) is 5.39. The molecule has 1 aromatic heterocycles. The van der Waals surface area contributed by atoms with Gasteiger partial charge in [0.25, 0.3) is 6.71 Å². The number of nitrogens with zero attached hydrogens (tertiary/aromatic N) is 2. The molecule has 4 heteroatoms. The second-order valence-corrected chi connectivity index (χ2v) is 24.0. The van der Waals surface area contributed by atoms with E-state index in [1.54, 1.807) is 0 Å². The topological polar surface area (TPSA) is 6.48 Å². The Morgan fingerprint density at radius 2 is 1.13 bits per heavy atom. The van der Waals surface area contributed by atoms with E-state index in [1.165, 1.54) is 105 Å². The van der Waals surface area contributed by atoms with Crippen molar-refractivity contribution in [1.29, 1.82) is 0 Å². The minimum atomic E-state index is -0.106. The highest BCUT2D eigenvalue weighted by Crippen LogP contribution is 2.56. The van der Waals surface area contributed by atoms with Gasteiger partial charge in [-0.15, -0.1) is 11.3 Å². The first-order chi connectivity index (χ1) is 29.1. The quantitative estimate of drug-likeness (QED) is 0.164. The van der Waals surface area contributed by atoms with Crippen molar-refractivity contribution in [2.24, 2.45) is 0 Å². The smallest absolute Gasteiger partial charge is 0.254 e. The highest BCUT2D eigenvalue weighted by molar-refractivity contribution is 7.26. The Bertz CT molecular complexity index is 2910. The summed E-state index contributed by atoms with van der Waals surface area (Å²) in [5, 5.41) is 2.70. The minimum Gasteiger partial charge on any atom is -0.310 e. The predicted molar refractivity (Wildman–Crippen MR) is 273 cm³/mol. The Labute approximate surface area is 376 Å². The summed E-state index contributed by atoms with van der Waals surface area (Å²) in [6.45, 7) is 31.2. The average molecular weight is 831 g/mol. The summed E-state index contributed by atoms with van der Waals surface area (Å²) >= 11 is 1.95.